The van der Waals surface area contributed by atoms with Crippen LogP contribution < -0.4 is 5.73 Å². The zero-order valence-corrected chi connectivity index (χ0v) is 5.04. The Bertz CT molecular complexity index is 86.5. The van der Waals surface area contributed by atoms with E-state index in [0.717, 1.165) is 13.1 Å². The molecule has 0 bridgehead atoms. The highest BCUT2D eigenvalue weighted by Gasteiger charge is 2.32. The van der Waals surface area contributed by atoms with Crippen LogP contribution in [0.2, 0.25) is 0 Å². The number of hydrogen-bond acceptors (Lipinski definition) is 3. The second-order valence-corrected chi connectivity index (χ2v) is 2.15. The van der Waals surface area contributed by atoms with Crippen molar-refractivity contribution < 1.29 is 5.11 Å². The van der Waals surface area contributed by atoms with Crippen LogP contribution in [0.3, 0.4) is 0 Å². The van der Waals surface area contributed by atoms with Crippen molar-refractivity contribution in [1.29, 1.82) is 0 Å². The molecule has 3 nitrogen and oxygen atoms in total. The standard InChI is InChI=1S/C5H12N2O/c1-2-7-3-4(8)5(7)6/h4-5,8H,2-3,6H2,1H3. The molecule has 2 atom stereocenters. The highest BCUT2D eigenvalue weighted by atomic mass is 16.3. The third-order valence-electron chi connectivity index (χ3n) is 1.64. The Hall–Kier alpha value is -0.120. The zero-order chi connectivity index (χ0) is 6.15. The quantitative estimate of drug-likeness (QED) is 0.460. The van der Waals surface area contributed by atoms with Crippen LogP contribution in [0.4, 0.5) is 0 Å². The topological polar surface area (TPSA) is 49.5 Å². The van der Waals surface area contributed by atoms with E-state index in [2.05, 4.69) is 0 Å². The molecule has 0 amide bonds. The van der Waals surface area contributed by atoms with Gasteiger partial charge in [0.1, 0.15) is 0 Å². The molecule has 1 fully saturated rings. The Labute approximate surface area is 49.1 Å². The largest absolute Gasteiger partial charge is 0.389 e. The Morgan fingerprint density at radius 1 is 1.88 bits per heavy atom. The number of rotatable bonds is 1. The van der Waals surface area contributed by atoms with Crippen molar-refractivity contribution in [3.8, 4) is 0 Å². The molecule has 0 aromatic rings. The predicted octanol–water partition coefficient (Wildman–Crippen LogP) is -1.03. The molecule has 0 aromatic carbocycles. The maximum absolute atomic E-state index is 8.85. The number of likely N-dealkylation sites (tertiary alicyclic amines) is 1. The molecule has 8 heavy (non-hydrogen) atoms. The zero-order valence-electron chi connectivity index (χ0n) is 5.04. The van der Waals surface area contributed by atoms with E-state index in [-0.39, 0.29) is 12.3 Å². The summed E-state index contributed by atoms with van der Waals surface area (Å²) in [7, 11) is 0. The van der Waals surface area contributed by atoms with Crippen LogP contribution in [0.15, 0.2) is 0 Å². The van der Waals surface area contributed by atoms with Crippen LogP contribution in [-0.4, -0.2) is 35.4 Å². The van der Waals surface area contributed by atoms with Gasteiger partial charge in [0.25, 0.3) is 0 Å². The second-order valence-electron chi connectivity index (χ2n) is 2.15. The molecule has 0 aliphatic carbocycles. The van der Waals surface area contributed by atoms with Crippen LogP contribution in [0.5, 0.6) is 0 Å². The number of aliphatic hydroxyl groups excluding tert-OH is 1. The third-order valence-corrected chi connectivity index (χ3v) is 1.64. The number of aliphatic hydroxyl groups is 1. The molecule has 1 saturated heterocycles. The van der Waals surface area contributed by atoms with Gasteiger partial charge in [0, 0.05) is 6.54 Å². The van der Waals surface area contributed by atoms with E-state index in [1.807, 2.05) is 11.8 Å². The van der Waals surface area contributed by atoms with Gasteiger partial charge in [-0.05, 0) is 6.54 Å². The SMILES string of the molecule is CCN1CC(O)C1N. The Morgan fingerprint density at radius 3 is 2.62 bits per heavy atom. The van der Waals surface area contributed by atoms with Crippen molar-refractivity contribution in [3.63, 3.8) is 0 Å². The summed E-state index contributed by atoms with van der Waals surface area (Å²) < 4.78 is 0. The Kier molecular flexibility index (Phi) is 1.51. The summed E-state index contributed by atoms with van der Waals surface area (Å²) in [6.07, 6.45) is -0.380. The Balaban J connectivity index is 2.25. The van der Waals surface area contributed by atoms with Gasteiger partial charge in [0.05, 0.1) is 12.3 Å². The minimum Gasteiger partial charge on any atom is -0.389 e. The lowest BCUT2D eigenvalue weighted by Gasteiger charge is -2.42. The molecule has 3 N–H and O–H groups in total. The van der Waals surface area contributed by atoms with E-state index < -0.39 is 0 Å². The van der Waals surface area contributed by atoms with Crippen molar-refractivity contribution in [3.05, 3.63) is 0 Å². The lowest BCUT2D eigenvalue weighted by Crippen LogP contribution is -2.64. The summed E-state index contributed by atoms with van der Waals surface area (Å²) in [5.41, 5.74) is 5.45. The number of nitrogens with zero attached hydrogens (tertiary/aromatic N) is 1. The van der Waals surface area contributed by atoms with Crippen molar-refractivity contribution in [2.45, 2.75) is 19.2 Å². The summed E-state index contributed by atoms with van der Waals surface area (Å²) >= 11 is 0. The highest BCUT2D eigenvalue weighted by Crippen LogP contribution is 2.10. The van der Waals surface area contributed by atoms with E-state index in [4.69, 9.17) is 10.8 Å². The van der Waals surface area contributed by atoms with Gasteiger partial charge in [-0.3, -0.25) is 4.90 Å². The molecule has 1 aliphatic rings. The van der Waals surface area contributed by atoms with Gasteiger partial charge in [-0.15, -0.1) is 0 Å². The van der Waals surface area contributed by atoms with Crippen molar-refractivity contribution >= 4 is 0 Å². The second kappa shape index (κ2) is 2.01. The first-order valence-electron chi connectivity index (χ1n) is 2.93. The first-order chi connectivity index (χ1) is 3.75. The van der Waals surface area contributed by atoms with Crippen LogP contribution in [0.25, 0.3) is 0 Å². The normalized spacial score (nSPS) is 39.4. The van der Waals surface area contributed by atoms with Gasteiger partial charge in [-0.25, -0.2) is 0 Å². The first-order valence-corrected chi connectivity index (χ1v) is 2.93. The van der Waals surface area contributed by atoms with Crippen LogP contribution in [0.1, 0.15) is 6.92 Å². The fourth-order valence-electron chi connectivity index (χ4n) is 0.915. The molecule has 0 saturated carbocycles. The number of nitrogens with two attached hydrogens (primary N) is 1. The van der Waals surface area contributed by atoms with Gasteiger partial charge in [0.15, 0.2) is 0 Å². The molecule has 1 rings (SSSR count). The predicted molar refractivity (Wildman–Crippen MR) is 31.2 cm³/mol. The molecule has 0 aromatic heterocycles. The summed E-state index contributed by atoms with van der Waals surface area (Å²) in [5.74, 6) is 0. The van der Waals surface area contributed by atoms with Gasteiger partial charge >= 0.3 is 0 Å². The van der Waals surface area contributed by atoms with Gasteiger partial charge < -0.3 is 10.8 Å². The van der Waals surface area contributed by atoms with E-state index in [9.17, 15) is 0 Å². The smallest absolute Gasteiger partial charge is 0.0951 e. The molecule has 0 spiro atoms. The maximum Gasteiger partial charge on any atom is 0.0951 e. The van der Waals surface area contributed by atoms with E-state index in [1.165, 1.54) is 0 Å². The van der Waals surface area contributed by atoms with E-state index in [0.29, 0.717) is 0 Å². The van der Waals surface area contributed by atoms with Crippen LogP contribution in [0, 0.1) is 0 Å². The fraction of sp³-hybridized carbons (Fsp3) is 1.00. The summed E-state index contributed by atoms with van der Waals surface area (Å²) in [5, 5.41) is 8.85. The molecule has 48 valence electrons. The average molecular weight is 116 g/mol. The molecular formula is C5H12N2O. The molecule has 1 heterocycles. The lowest BCUT2D eigenvalue weighted by atomic mass is 10.1. The first kappa shape index (κ1) is 6.01. The van der Waals surface area contributed by atoms with Crippen molar-refractivity contribution in [2.24, 2.45) is 5.73 Å². The molecule has 0 radical (unpaired) electrons. The molecule has 1 aliphatic heterocycles. The van der Waals surface area contributed by atoms with Crippen molar-refractivity contribution in [1.82, 2.24) is 4.90 Å². The highest BCUT2D eigenvalue weighted by molar-refractivity contribution is 4.85. The molecular weight excluding hydrogens is 104 g/mol. The summed E-state index contributed by atoms with van der Waals surface area (Å²) in [6.45, 7) is 3.72. The maximum atomic E-state index is 8.85. The van der Waals surface area contributed by atoms with Gasteiger partial charge in [-0.1, -0.05) is 6.92 Å². The lowest BCUT2D eigenvalue weighted by molar-refractivity contribution is -0.0547. The van der Waals surface area contributed by atoms with Crippen LogP contribution in [-0.2, 0) is 0 Å². The fourth-order valence-corrected chi connectivity index (χ4v) is 0.915. The average Bonchev–Trinajstić information content (AvgIpc) is 1.81. The minimum absolute atomic E-state index is 0.0972. The molecule has 2 unspecified atom stereocenters. The van der Waals surface area contributed by atoms with Gasteiger partial charge in [-0.2, -0.15) is 0 Å². The third kappa shape index (κ3) is 0.727. The van der Waals surface area contributed by atoms with Crippen LogP contribution >= 0.6 is 0 Å². The monoisotopic (exact) mass is 116 g/mol. The van der Waals surface area contributed by atoms with Crippen molar-refractivity contribution in [2.75, 3.05) is 13.1 Å². The number of hydrogen-bond donors (Lipinski definition) is 2. The van der Waals surface area contributed by atoms with E-state index in [1.54, 1.807) is 0 Å². The van der Waals surface area contributed by atoms with E-state index >= 15 is 0 Å². The van der Waals surface area contributed by atoms with Gasteiger partial charge in [0.2, 0.25) is 0 Å². The number of β-amino-alcohol motifs (C(OH)–C–C–N with tert-alkyl or cyclic N) is 1. The molecule has 3 heteroatoms. The number of likely N-dealkylation sites (N-methyl/N-ethyl adjacent to an activating group) is 1. The summed E-state index contributed by atoms with van der Waals surface area (Å²) in [6, 6.07) is 0. The Morgan fingerprint density at radius 2 is 2.50 bits per heavy atom. The minimum atomic E-state index is -0.282. The summed E-state index contributed by atoms with van der Waals surface area (Å²) in [4.78, 5) is 2.02.